The summed E-state index contributed by atoms with van der Waals surface area (Å²) in [5.41, 5.74) is 5.10. The van der Waals surface area contributed by atoms with Crippen molar-refractivity contribution in [3.8, 4) is 5.75 Å². The van der Waals surface area contributed by atoms with E-state index in [-0.39, 0.29) is 11.3 Å². The Morgan fingerprint density at radius 1 is 0.788 bits per heavy atom. The average Bonchev–Trinajstić information content (AvgIpc) is 2.84. The molecule has 0 heterocycles. The smallest absolute Gasteiger partial charge is 0.255 e. The van der Waals surface area contributed by atoms with Crippen LogP contribution in [0.1, 0.15) is 60.0 Å². The highest BCUT2D eigenvalue weighted by Gasteiger charge is 2.58. The van der Waals surface area contributed by atoms with Crippen molar-refractivity contribution in [3.05, 3.63) is 95.6 Å². The molecule has 0 spiro atoms. The Hall–Kier alpha value is -3.07. The van der Waals surface area contributed by atoms with E-state index >= 15 is 0 Å². The van der Waals surface area contributed by atoms with Gasteiger partial charge in [0.2, 0.25) is 0 Å². The summed E-state index contributed by atoms with van der Waals surface area (Å²) in [5.74, 6) is 2.32. The topological polar surface area (TPSA) is 38.3 Å². The molecule has 4 saturated carbocycles. The third-order valence-electron chi connectivity index (χ3n) is 8.55. The monoisotopic (exact) mass is 437 g/mol. The Labute approximate surface area is 196 Å². The molecule has 3 heteroatoms. The highest BCUT2D eigenvalue weighted by atomic mass is 16.5. The zero-order valence-electron chi connectivity index (χ0n) is 19.2. The van der Waals surface area contributed by atoms with E-state index in [1.807, 2.05) is 12.1 Å². The first-order valence-corrected chi connectivity index (χ1v) is 12.2. The van der Waals surface area contributed by atoms with Gasteiger partial charge in [-0.15, -0.1) is 0 Å². The molecule has 0 radical (unpaired) electrons. The molecule has 0 aromatic heterocycles. The number of rotatable bonds is 5. The Kier molecular flexibility index (Phi) is 4.83. The van der Waals surface area contributed by atoms with Gasteiger partial charge in [0.1, 0.15) is 5.75 Å². The summed E-state index contributed by atoms with van der Waals surface area (Å²) >= 11 is 0. The summed E-state index contributed by atoms with van der Waals surface area (Å²) in [7, 11) is 1.63. The molecule has 1 N–H and O–H groups in total. The molecule has 0 saturated heterocycles. The number of carbonyl (C=O) groups is 1. The van der Waals surface area contributed by atoms with Crippen LogP contribution in [0.25, 0.3) is 0 Å². The van der Waals surface area contributed by atoms with E-state index in [2.05, 4.69) is 59.9 Å². The number of hydrogen-bond donors (Lipinski definition) is 1. The summed E-state index contributed by atoms with van der Waals surface area (Å²) in [6.07, 6.45) is 8.00. The van der Waals surface area contributed by atoms with Crippen LogP contribution in [0.3, 0.4) is 0 Å². The fourth-order valence-corrected chi connectivity index (χ4v) is 7.58. The molecule has 0 aliphatic heterocycles. The molecule has 0 unspecified atom stereocenters. The molecule has 7 rings (SSSR count). The van der Waals surface area contributed by atoms with Crippen molar-refractivity contribution in [2.75, 3.05) is 12.4 Å². The largest absolute Gasteiger partial charge is 0.497 e. The van der Waals surface area contributed by atoms with Crippen LogP contribution in [0.5, 0.6) is 5.75 Å². The van der Waals surface area contributed by atoms with Crippen LogP contribution in [0, 0.1) is 11.8 Å². The quantitative estimate of drug-likeness (QED) is 0.480. The Bertz CT molecular complexity index is 1140. The number of anilines is 1. The van der Waals surface area contributed by atoms with Crippen LogP contribution < -0.4 is 10.1 Å². The van der Waals surface area contributed by atoms with E-state index in [9.17, 15) is 4.79 Å². The van der Waals surface area contributed by atoms with Crippen molar-refractivity contribution in [3.63, 3.8) is 0 Å². The predicted octanol–water partition coefficient (Wildman–Crippen LogP) is 6.74. The summed E-state index contributed by atoms with van der Waals surface area (Å²) in [6.45, 7) is 0. The van der Waals surface area contributed by atoms with E-state index in [1.165, 1.54) is 44.1 Å². The van der Waals surface area contributed by atoms with Crippen LogP contribution in [-0.2, 0) is 10.8 Å². The van der Waals surface area contributed by atoms with Gasteiger partial charge in [0, 0.05) is 11.3 Å². The van der Waals surface area contributed by atoms with Crippen molar-refractivity contribution >= 4 is 11.6 Å². The van der Waals surface area contributed by atoms with E-state index in [4.69, 9.17) is 4.74 Å². The maximum absolute atomic E-state index is 12.7. The highest BCUT2D eigenvalue weighted by molar-refractivity contribution is 6.04. The molecule has 3 aromatic carbocycles. The van der Waals surface area contributed by atoms with Gasteiger partial charge in [-0.1, -0.05) is 42.5 Å². The molecular weight excluding hydrogens is 406 g/mol. The summed E-state index contributed by atoms with van der Waals surface area (Å²) in [4.78, 5) is 12.7. The van der Waals surface area contributed by atoms with Crippen LogP contribution in [0.15, 0.2) is 78.9 Å². The van der Waals surface area contributed by atoms with Crippen molar-refractivity contribution in [2.45, 2.75) is 49.4 Å². The van der Waals surface area contributed by atoms with E-state index in [0.717, 1.165) is 23.3 Å². The number of amides is 1. The lowest BCUT2D eigenvalue weighted by Gasteiger charge is -2.62. The van der Waals surface area contributed by atoms with Gasteiger partial charge >= 0.3 is 0 Å². The molecule has 4 fully saturated rings. The minimum Gasteiger partial charge on any atom is -0.497 e. The van der Waals surface area contributed by atoms with Gasteiger partial charge in [-0.25, -0.2) is 0 Å². The molecule has 1 amide bonds. The lowest BCUT2D eigenvalue weighted by molar-refractivity contribution is -0.0281. The van der Waals surface area contributed by atoms with Crippen LogP contribution >= 0.6 is 0 Å². The first-order valence-electron chi connectivity index (χ1n) is 12.2. The summed E-state index contributed by atoms with van der Waals surface area (Å²) in [5, 5.41) is 3.05. The minimum absolute atomic E-state index is 0.0942. The first kappa shape index (κ1) is 20.5. The van der Waals surface area contributed by atoms with Crippen molar-refractivity contribution < 1.29 is 9.53 Å². The predicted molar refractivity (Wildman–Crippen MR) is 132 cm³/mol. The van der Waals surface area contributed by atoms with Crippen LogP contribution in [0.2, 0.25) is 0 Å². The number of nitrogens with one attached hydrogen (secondary N) is 1. The van der Waals surface area contributed by atoms with Gasteiger partial charge < -0.3 is 10.1 Å². The van der Waals surface area contributed by atoms with E-state index in [0.29, 0.717) is 11.0 Å². The van der Waals surface area contributed by atoms with Gasteiger partial charge in [0.15, 0.2) is 0 Å². The van der Waals surface area contributed by atoms with Crippen molar-refractivity contribution in [1.82, 2.24) is 0 Å². The average molecular weight is 438 g/mol. The third-order valence-corrected chi connectivity index (χ3v) is 8.55. The Morgan fingerprint density at radius 2 is 1.36 bits per heavy atom. The molecule has 4 aliphatic rings. The molecule has 33 heavy (non-hydrogen) atoms. The van der Waals surface area contributed by atoms with Crippen molar-refractivity contribution in [1.29, 1.82) is 0 Å². The van der Waals surface area contributed by atoms with E-state index in [1.54, 1.807) is 24.8 Å². The zero-order valence-corrected chi connectivity index (χ0v) is 19.2. The highest BCUT2D eigenvalue weighted by Crippen LogP contribution is 2.66. The molecule has 3 aromatic rings. The minimum atomic E-state index is -0.0942. The van der Waals surface area contributed by atoms with Crippen LogP contribution in [-0.4, -0.2) is 13.0 Å². The van der Waals surface area contributed by atoms with Gasteiger partial charge in [-0.2, -0.15) is 0 Å². The molecule has 3 nitrogen and oxygen atoms in total. The molecule has 4 bridgehead atoms. The maximum Gasteiger partial charge on any atom is 0.255 e. The second-order valence-electron chi connectivity index (χ2n) is 10.6. The maximum atomic E-state index is 12.7. The molecule has 2 atom stereocenters. The molecule has 4 aliphatic carbocycles. The number of benzene rings is 3. The molecular formula is C30H31NO2. The fourth-order valence-electron chi connectivity index (χ4n) is 7.58. The standard InChI is InChI=1S/C30H31NO2/c1-33-27-13-7-23(8-14-27)28(32)31-26-11-9-25(10-12-26)30-18-21-15-22(19-30)17-29(16-21,20-30)24-5-3-2-4-6-24/h2-14,21-22H,15-20H2,1H3,(H,31,32)/t21-,22-,29?,30?/m0/s1. The second-order valence-corrected chi connectivity index (χ2v) is 10.6. The summed E-state index contributed by atoms with van der Waals surface area (Å²) < 4.78 is 5.18. The van der Waals surface area contributed by atoms with Crippen molar-refractivity contribution in [2.24, 2.45) is 11.8 Å². The number of methoxy groups -OCH3 is 1. The second kappa shape index (κ2) is 7.76. The van der Waals surface area contributed by atoms with Gasteiger partial charge in [0.05, 0.1) is 7.11 Å². The third kappa shape index (κ3) is 3.55. The lowest BCUT2D eigenvalue weighted by atomic mass is 9.42. The number of hydrogen-bond acceptors (Lipinski definition) is 2. The first-order chi connectivity index (χ1) is 16.1. The number of ether oxygens (including phenoxy) is 1. The number of carbonyl (C=O) groups excluding carboxylic acids is 1. The van der Waals surface area contributed by atoms with Gasteiger partial charge in [0.25, 0.3) is 5.91 Å². The summed E-state index contributed by atoms with van der Waals surface area (Å²) in [6, 6.07) is 27.2. The molecule has 168 valence electrons. The Balaban J connectivity index is 1.24. The Morgan fingerprint density at radius 3 is 1.94 bits per heavy atom. The SMILES string of the molecule is COc1ccc(C(=O)Nc2ccc(C34C[C@H]5C[C@@H](CC(c6ccccc6)(C5)C3)C4)cc2)cc1. The van der Waals surface area contributed by atoms with Gasteiger partial charge in [-0.05, 0) is 109 Å². The normalized spacial score (nSPS) is 29.6. The van der Waals surface area contributed by atoms with E-state index < -0.39 is 0 Å². The fraction of sp³-hybridized carbons (Fsp3) is 0.367. The lowest BCUT2D eigenvalue weighted by Crippen LogP contribution is -2.55. The zero-order chi connectivity index (χ0) is 22.5. The van der Waals surface area contributed by atoms with Crippen LogP contribution in [0.4, 0.5) is 5.69 Å². The van der Waals surface area contributed by atoms with Gasteiger partial charge in [-0.3, -0.25) is 4.79 Å².